The maximum atomic E-state index is 10.1. The Bertz CT molecular complexity index is 478. The standard InChI is InChI=1S/C10H11N2O3/c13-12(14)15-6-5-8-7-11-10-4-2-1-3-9(8)10/h1-4,7,11H,5-6H2,(H,13,14)/q+1. The molecular formula is C10H11N2O3+. The van der Waals surface area contributed by atoms with Crippen LogP contribution in [0.5, 0.6) is 0 Å². The molecule has 0 aliphatic carbocycles. The number of para-hydroxylation sites is 1. The molecule has 0 saturated heterocycles. The predicted octanol–water partition coefficient (Wildman–Crippen LogP) is 1.81. The number of fused-ring (bicyclic) bond motifs is 1. The lowest BCUT2D eigenvalue weighted by molar-refractivity contribution is -0.975. The van der Waals surface area contributed by atoms with Gasteiger partial charge in [-0.05, 0) is 11.6 Å². The highest BCUT2D eigenvalue weighted by Crippen LogP contribution is 2.17. The summed E-state index contributed by atoms with van der Waals surface area (Å²) in [5.41, 5.74) is 2.11. The molecule has 0 bridgehead atoms. The van der Waals surface area contributed by atoms with Gasteiger partial charge in [0, 0.05) is 23.5 Å². The van der Waals surface area contributed by atoms with Crippen molar-refractivity contribution in [2.45, 2.75) is 6.42 Å². The molecule has 78 valence electrons. The van der Waals surface area contributed by atoms with E-state index in [0.717, 1.165) is 16.5 Å². The third kappa shape index (κ3) is 2.07. The van der Waals surface area contributed by atoms with Gasteiger partial charge < -0.3 is 4.98 Å². The molecule has 2 rings (SSSR count). The highest BCUT2D eigenvalue weighted by molar-refractivity contribution is 5.82. The van der Waals surface area contributed by atoms with E-state index in [2.05, 4.69) is 9.82 Å². The van der Waals surface area contributed by atoms with Crippen LogP contribution in [0, 0.1) is 4.91 Å². The molecule has 0 radical (unpaired) electrons. The van der Waals surface area contributed by atoms with Crippen LogP contribution in [0.1, 0.15) is 5.56 Å². The molecule has 0 atom stereocenters. The highest BCUT2D eigenvalue weighted by Gasteiger charge is 2.07. The molecule has 0 saturated carbocycles. The second-order valence-electron chi connectivity index (χ2n) is 3.18. The van der Waals surface area contributed by atoms with E-state index < -0.39 is 5.09 Å². The van der Waals surface area contributed by atoms with Crippen molar-refractivity contribution in [1.82, 2.24) is 4.98 Å². The molecule has 15 heavy (non-hydrogen) atoms. The first-order valence-corrected chi connectivity index (χ1v) is 4.61. The van der Waals surface area contributed by atoms with Crippen LogP contribution in [0.4, 0.5) is 0 Å². The first-order valence-electron chi connectivity index (χ1n) is 4.61. The normalized spacial score (nSPS) is 10.4. The van der Waals surface area contributed by atoms with Gasteiger partial charge in [-0.1, -0.05) is 18.2 Å². The molecule has 5 heteroatoms. The molecule has 1 heterocycles. The second-order valence-corrected chi connectivity index (χ2v) is 3.18. The lowest BCUT2D eigenvalue weighted by Gasteiger charge is -1.94. The number of H-pyrrole nitrogens is 1. The Labute approximate surface area is 85.8 Å². The summed E-state index contributed by atoms with van der Waals surface area (Å²) in [4.78, 5) is 17.6. The van der Waals surface area contributed by atoms with E-state index in [9.17, 15) is 4.91 Å². The molecule has 0 aliphatic heterocycles. The minimum absolute atomic E-state index is 0.155. The van der Waals surface area contributed by atoms with E-state index in [1.807, 2.05) is 30.5 Å². The second kappa shape index (κ2) is 4.00. The quantitative estimate of drug-likeness (QED) is 0.751. The van der Waals surface area contributed by atoms with Crippen LogP contribution in [0.15, 0.2) is 30.5 Å². The van der Waals surface area contributed by atoms with Gasteiger partial charge in [0.2, 0.25) is 0 Å². The van der Waals surface area contributed by atoms with E-state index in [1.54, 1.807) is 0 Å². The van der Waals surface area contributed by atoms with Gasteiger partial charge in [-0.3, -0.25) is 0 Å². The molecule has 0 fully saturated rings. The van der Waals surface area contributed by atoms with Crippen molar-refractivity contribution in [1.29, 1.82) is 0 Å². The van der Waals surface area contributed by atoms with Crippen molar-refractivity contribution in [3.8, 4) is 0 Å². The van der Waals surface area contributed by atoms with Crippen molar-refractivity contribution >= 4 is 10.9 Å². The van der Waals surface area contributed by atoms with E-state index in [-0.39, 0.29) is 6.61 Å². The monoisotopic (exact) mass is 207 g/mol. The van der Waals surface area contributed by atoms with Crippen molar-refractivity contribution in [3.05, 3.63) is 40.9 Å². The van der Waals surface area contributed by atoms with Gasteiger partial charge in [-0.25, -0.2) is 5.21 Å². The first kappa shape index (κ1) is 9.51. The van der Waals surface area contributed by atoms with Gasteiger partial charge in [0.1, 0.15) is 4.91 Å². The number of hydrogen-bond donors (Lipinski definition) is 2. The van der Waals surface area contributed by atoms with E-state index in [4.69, 9.17) is 5.21 Å². The minimum atomic E-state index is -0.519. The van der Waals surface area contributed by atoms with Crippen LogP contribution in [0.2, 0.25) is 0 Å². The van der Waals surface area contributed by atoms with Crippen molar-refractivity contribution in [2.75, 3.05) is 6.61 Å². The highest BCUT2D eigenvalue weighted by atomic mass is 16.9. The fourth-order valence-electron chi connectivity index (χ4n) is 1.57. The van der Waals surface area contributed by atoms with Gasteiger partial charge in [0.25, 0.3) is 0 Å². The van der Waals surface area contributed by atoms with Gasteiger partial charge in [0.05, 0.1) is 0 Å². The summed E-state index contributed by atoms with van der Waals surface area (Å²) in [5.74, 6) is 0. The van der Waals surface area contributed by atoms with E-state index >= 15 is 0 Å². The Morgan fingerprint density at radius 3 is 3.00 bits per heavy atom. The molecule has 2 N–H and O–H groups in total. The summed E-state index contributed by atoms with van der Waals surface area (Å²) in [7, 11) is 0. The number of nitrogens with zero attached hydrogens (tertiary/aromatic N) is 1. The Balaban J connectivity index is 2.11. The number of nitrogens with one attached hydrogen (secondary N) is 1. The van der Waals surface area contributed by atoms with Crippen LogP contribution in [-0.4, -0.2) is 21.9 Å². The Morgan fingerprint density at radius 1 is 1.40 bits per heavy atom. The zero-order valence-corrected chi connectivity index (χ0v) is 8.01. The molecule has 1 aromatic carbocycles. The maximum absolute atomic E-state index is 10.1. The van der Waals surface area contributed by atoms with Crippen LogP contribution in [0.3, 0.4) is 0 Å². The molecule has 0 amide bonds. The lowest BCUT2D eigenvalue weighted by atomic mass is 10.1. The number of rotatable bonds is 4. The summed E-state index contributed by atoms with van der Waals surface area (Å²) >= 11 is 0. The van der Waals surface area contributed by atoms with Gasteiger partial charge in [-0.15, -0.1) is 0 Å². The molecule has 0 aliphatic rings. The fraction of sp³-hybridized carbons (Fsp3) is 0.200. The van der Waals surface area contributed by atoms with Crippen molar-refractivity contribution < 1.29 is 15.1 Å². The summed E-state index contributed by atoms with van der Waals surface area (Å²) in [6, 6.07) is 7.87. The minimum Gasteiger partial charge on any atom is -0.361 e. The zero-order chi connectivity index (χ0) is 10.7. The molecule has 0 spiro atoms. The van der Waals surface area contributed by atoms with Crippen molar-refractivity contribution in [3.63, 3.8) is 0 Å². The topological polar surface area (TPSA) is 65.3 Å². The lowest BCUT2D eigenvalue weighted by Crippen LogP contribution is -2.06. The molecule has 1 aromatic heterocycles. The first-order chi connectivity index (χ1) is 7.27. The summed E-state index contributed by atoms with van der Waals surface area (Å²) in [6.45, 7) is 0.155. The summed E-state index contributed by atoms with van der Waals surface area (Å²) < 4.78 is 0. The largest absolute Gasteiger partial charge is 0.475 e. The Morgan fingerprint density at radius 2 is 2.20 bits per heavy atom. The summed E-state index contributed by atoms with van der Waals surface area (Å²) in [6.07, 6.45) is 2.45. The number of hydrogen-bond acceptors (Lipinski definition) is 2. The van der Waals surface area contributed by atoms with Gasteiger partial charge in [0.15, 0.2) is 6.61 Å². The zero-order valence-electron chi connectivity index (χ0n) is 8.01. The Kier molecular flexibility index (Phi) is 2.53. The third-order valence-corrected chi connectivity index (χ3v) is 2.25. The predicted molar refractivity (Wildman–Crippen MR) is 53.4 cm³/mol. The summed E-state index contributed by atoms with van der Waals surface area (Å²) in [5, 5.41) is 8.83. The van der Waals surface area contributed by atoms with E-state index in [1.165, 1.54) is 0 Å². The van der Waals surface area contributed by atoms with E-state index in [0.29, 0.717) is 6.42 Å². The van der Waals surface area contributed by atoms with Crippen LogP contribution in [-0.2, 0) is 11.3 Å². The Hall–Kier alpha value is -2.04. The van der Waals surface area contributed by atoms with Gasteiger partial charge >= 0.3 is 5.09 Å². The smallest absolute Gasteiger partial charge is 0.361 e. The average Bonchev–Trinajstić information content (AvgIpc) is 2.62. The SMILES string of the molecule is O=[N+](O)OCCc1c[nH]c2ccccc12. The van der Waals surface area contributed by atoms with Crippen LogP contribution in [0.25, 0.3) is 10.9 Å². The van der Waals surface area contributed by atoms with Crippen LogP contribution < -0.4 is 0 Å². The van der Waals surface area contributed by atoms with Crippen LogP contribution >= 0.6 is 0 Å². The molecular weight excluding hydrogens is 196 g/mol. The fourth-order valence-corrected chi connectivity index (χ4v) is 1.57. The number of aromatic amines is 1. The number of benzene rings is 1. The maximum Gasteiger partial charge on any atom is 0.475 e. The molecule has 0 unspecified atom stereocenters. The average molecular weight is 207 g/mol. The van der Waals surface area contributed by atoms with Gasteiger partial charge in [-0.2, -0.15) is 4.84 Å². The number of aromatic nitrogens is 1. The molecule has 5 nitrogen and oxygen atoms in total. The van der Waals surface area contributed by atoms with Crippen molar-refractivity contribution in [2.24, 2.45) is 0 Å². The molecule has 2 aromatic rings. The third-order valence-electron chi connectivity index (χ3n) is 2.25.